The number of benzene rings is 1. The third-order valence-electron chi connectivity index (χ3n) is 5.77. The highest BCUT2D eigenvalue weighted by atomic mass is 32.2. The van der Waals surface area contributed by atoms with Gasteiger partial charge in [-0.2, -0.15) is 8.42 Å². The Bertz CT molecular complexity index is 1280. The number of ketones is 1. The number of nitrogens with zero attached hydrogens (tertiary/aromatic N) is 2. The molecule has 1 aromatic carbocycles. The second-order valence-corrected chi connectivity index (χ2v) is 10.6. The van der Waals surface area contributed by atoms with Gasteiger partial charge in [-0.25, -0.2) is 15.1 Å². The van der Waals surface area contributed by atoms with Crippen LogP contribution in [-0.4, -0.2) is 48.0 Å². The van der Waals surface area contributed by atoms with Crippen molar-refractivity contribution in [1.82, 2.24) is 9.97 Å². The average molecular weight is 503 g/mol. The normalized spacial score (nSPS) is 20.4. The van der Waals surface area contributed by atoms with Gasteiger partial charge in [-0.3, -0.25) is 8.98 Å². The molecule has 11 heteroatoms. The molecule has 1 aliphatic carbocycles. The summed E-state index contributed by atoms with van der Waals surface area (Å²) in [5.74, 6) is -0.214. The van der Waals surface area contributed by atoms with Gasteiger partial charge in [0.1, 0.15) is 12.1 Å². The molecule has 2 heterocycles. The number of nitrogens with two attached hydrogens (primary N) is 1. The van der Waals surface area contributed by atoms with Gasteiger partial charge in [0.25, 0.3) is 0 Å². The van der Waals surface area contributed by atoms with Crippen LogP contribution in [0.25, 0.3) is 0 Å². The number of hydrogen-bond donors (Lipinski definition) is 3. The molecule has 1 aliphatic rings. The predicted octanol–water partition coefficient (Wildman–Crippen LogP) is 2.44. The van der Waals surface area contributed by atoms with Crippen molar-refractivity contribution in [1.29, 1.82) is 0 Å². The summed E-state index contributed by atoms with van der Waals surface area (Å²) in [4.78, 5) is 22.1. The fourth-order valence-electron chi connectivity index (χ4n) is 4.16. The zero-order valence-electron chi connectivity index (χ0n) is 18.5. The molecule has 2 aromatic heterocycles. The first-order valence-electron chi connectivity index (χ1n) is 10.8. The molecule has 0 aliphatic heterocycles. The quantitative estimate of drug-likeness (QED) is 0.378. The van der Waals surface area contributed by atoms with Gasteiger partial charge in [-0.15, -0.1) is 11.3 Å². The third-order valence-corrected chi connectivity index (χ3v) is 7.21. The molecule has 9 nitrogen and oxygen atoms in total. The number of aromatic nitrogens is 2. The minimum absolute atomic E-state index is 0.184. The van der Waals surface area contributed by atoms with Gasteiger partial charge in [0.2, 0.25) is 5.78 Å². The van der Waals surface area contributed by atoms with E-state index in [0.29, 0.717) is 29.1 Å². The molecule has 34 heavy (non-hydrogen) atoms. The second-order valence-electron chi connectivity index (χ2n) is 8.52. The molecule has 3 atom stereocenters. The molecule has 0 amide bonds. The summed E-state index contributed by atoms with van der Waals surface area (Å²) >= 11 is 1.38. The van der Waals surface area contributed by atoms with Crippen molar-refractivity contribution in [3.05, 3.63) is 75.4 Å². The maximum Gasteiger partial charge on any atom is 0.333 e. The number of thiophene rings is 1. The smallest absolute Gasteiger partial charge is 0.333 e. The summed E-state index contributed by atoms with van der Waals surface area (Å²) in [6.45, 7) is 1.85. The van der Waals surface area contributed by atoms with Crippen LogP contribution in [0.5, 0.6) is 0 Å². The van der Waals surface area contributed by atoms with E-state index >= 15 is 0 Å². The van der Waals surface area contributed by atoms with Crippen molar-refractivity contribution in [2.75, 3.05) is 11.9 Å². The standard InChI is InChI=1S/C23H26N4O5S2/c1-14-3-2-4-15(5-14)6-16-7-21(33-12-16)22(29)19-10-25-13-26-23(19)27-18-8-17(20(28)9-18)11-32-34(24,30)31/h2-5,7,10,12-13,17-18,20,28H,6,8-9,11H2,1H3,(H2,24,30,31)(H,25,26,27)/t17-,18-,20+/m1/s1. The first-order valence-corrected chi connectivity index (χ1v) is 13.1. The van der Waals surface area contributed by atoms with Crippen LogP contribution in [0.1, 0.15) is 44.8 Å². The highest BCUT2D eigenvalue weighted by molar-refractivity contribution is 7.84. The van der Waals surface area contributed by atoms with Crippen molar-refractivity contribution in [3.63, 3.8) is 0 Å². The van der Waals surface area contributed by atoms with E-state index in [9.17, 15) is 18.3 Å². The molecular formula is C23H26N4O5S2. The van der Waals surface area contributed by atoms with E-state index in [4.69, 9.17) is 5.14 Å². The van der Waals surface area contributed by atoms with E-state index < -0.39 is 22.3 Å². The minimum atomic E-state index is -4.08. The lowest BCUT2D eigenvalue weighted by Gasteiger charge is -2.15. The molecule has 1 saturated carbocycles. The van der Waals surface area contributed by atoms with Gasteiger partial charge < -0.3 is 10.4 Å². The Morgan fingerprint density at radius 3 is 2.88 bits per heavy atom. The summed E-state index contributed by atoms with van der Waals surface area (Å²) in [7, 11) is -4.08. The third kappa shape index (κ3) is 6.24. The zero-order chi connectivity index (χ0) is 24.3. The molecule has 4 rings (SSSR count). The van der Waals surface area contributed by atoms with Crippen molar-refractivity contribution < 1.29 is 22.5 Å². The molecule has 3 aromatic rings. The lowest BCUT2D eigenvalue weighted by atomic mass is 10.0. The lowest BCUT2D eigenvalue weighted by molar-refractivity contribution is 0.101. The number of aliphatic hydroxyl groups is 1. The summed E-state index contributed by atoms with van der Waals surface area (Å²) in [5.41, 5.74) is 3.77. The van der Waals surface area contributed by atoms with E-state index in [1.165, 1.54) is 35.0 Å². The monoisotopic (exact) mass is 502 g/mol. The zero-order valence-corrected chi connectivity index (χ0v) is 20.2. The number of carbonyl (C=O) groups excluding carboxylic acids is 1. The minimum Gasteiger partial charge on any atom is -0.393 e. The fourth-order valence-corrected chi connectivity index (χ4v) is 5.39. The van der Waals surface area contributed by atoms with E-state index in [0.717, 1.165) is 12.0 Å². The number of hydrogen-bond acceptors (Lipinski definition) is 9. The van der Waals surface area contributed by atoms with Crippen LogP contribution in [0.4, 0.5) is 5.82 Å². The average Bonchev–Trinajstić information content (AvgIpc) is 3.38. The topological polar surface area (TPSA) is 144 Å². The number of nitrogens with one attached hydrogen (secondary N) is 1. The van der Waals surface area contributed by atoms with Crippen LogP contribution in [-0.2, 0) is 20.9 Å². The Hall–Kier alpha value is -2.70. The molecule has 1 fully saturated rings. The van der Waals surface area contributed by atoms with Gasteiger partial charge in [0.15, 0.2) is 0 Å². The summed E-state index contributed by atoms with van der Waals surface area (Å²) in [6, 6.07) is 9.94. The first-order chi connectivity index (χ1) is 16.2. The van der Waals surface area contributed by atoms with Crippen molar-refractivity contribution in [2.45, 2.75) is 38.3 Å². The molecule has 4 N–H and O–H groups in total. The van der Waals surface area contributed by atoms with E-state index in [1.54, 1.807) is 0 Å². The number of aliphatic hydroxyl groups excluding tert-OH is 1. The highest BCUT2D eigenvalue weighted by Gasteiger charge is 2.34. The number of carbonyl (C=O) groups is 1. The van der Waals surface area contributed by atoms with Crippen LogP contribution >= 0.6 is 11.3 Å². The van der Waals surface area contributed by atoms with Crippen LogP contribution in [0.3, 0.4) is 0 Å². The van der Waals surface area contributed by atoms with Crippen LogP contribution in [0, 0.1) is 12.8 Å². The van der Waals surface area contributed by atoms with E-state index in [2.05, 4.69) is 44.6 Å². The Balaban J connectivity index is 1.44. The van der Waals surface area contributed by atoms with Crippen LogP contribution in [0.2, 0.25) is 0 Å². The van der Waals surface area contributed by atoms with Crippen LogP contribution in [0.15, 0.2) is 48.2 Å². The van der Waals surface area contributed by atoms with Crippen molar-refractivity contribution in [3.8, 4) is 0 Å². The Labute approximate surface area is 202 Å². The van der Waals surface area contributed by atoms with Crippen LogP contribution < -0.4 is 10.5 Å². The molecule has 0 unspecified atom stereocenters. The molecule has 0 radical (unpaired) electrons. The Kier molecular flexibility index (Phi) is 7.39. The molecule has 0 bridgehead atoms. The van der Waals surface area contributed by atoms with Gasteiger partial charge in [-0.1, -0.05) is 29.8 Å². The van der Waals surface area contributed by atoms with Crippen molar-refractivity contribution >= 4 is 33.2 Å². The molecule has 0 saturated heterocycles. The van der Waals surface area contributed by atoms with Gasteiger partial charge in [0, 0.05) is 18.2 Å². The SMILES string of the molecule is Cc1cccc(Cc2csc(C(=O)c3cncnc3N[C@@H]3C[C@H](COS(N)(=O)=O)[C@@H](O)C3)c2)c1. The predicted molar refractivity (Wildman–Crippen MR) is 129 cm³/mol. The first kappa shape index (κ1) is 24.4. The van der Waals surface area contributed by atoms with E-state index in [-0.39, 0.29) is 18.4 Å². The maximum absolute atomic E-state index is 13.2. The lowest BCUT2D eigenvalue weighted by Crippen LogP contribution is -2.24. The summed E-state index contributed by atoms with van der Waals surface area (Å²) < 4.78 is 26.7. The Morgan fingerprint density at radius 1 is 1.29 bits per heavy atom. The number of aryl methyl sites for hydroxylation is 1. The second kappa shape index (κ2) is 10.3. The molecule has 0 spiro atoms. The maximum atomic E-state index is 13.2. The number of anilines is 1. The highest BCUT2D eigenvalue weighted by Crippen LogP contribution is 2.30. The van der Waals surface area contributed by atoms with Crippen molar-refractivity contribution in [2.24, 2.45) is 11.1 Å². The molecular weight excluding hydrogens is 476 g/mol. The summed E-state index contributed by atoms with van der Waals surface area (Å²) in [5, 5.41) is 20.3. The van der Waals surface area contributed by atoms with Gasteiger partial charge in [-0.05, 0) is 48.8 Å². The number of rotatable bonds is 9. The largest absolute Gasteiger partial charge is 0.393 e. The summed E-state index contributed by atoms with van der Waals surface area (Å²) in [6.07, 6.45) is 3.60. The fraction of sp³-hybridized carbons (Fsp3) is 0.348. The van der Waals surface area contributed by atoms with Gasteiger partial charge >= 0.3 is 10.3 Å². The van der Waals surface area contributed by atoms with E-state index in [1.807, 2.05) is 17.5 Å². The Morgan fingerprint density at radius 2 is 2.12 bits per heavy atom. The van der Waals surface area contributed by atoms with Gasteiger partial charge in [0.05, 0.1) is 23.2 Å². The molecule has 180 valence electrons.